The molecule has 0 N–H and O–H groups in total. The third-order valence-corrected chi connectivity index (χ3v) is 5.32. The third-order valence-electron chi connectivity index (χ3n) is 5.32. The Morgan fingerprint density at radius 1 is 0.931 bits per heavy atom. The molecule has 2 amide bonds. The number of rotatable bonds is 5. The lowest BCUT2D eigenvalue weighted by Gasteiger charge is -2.34. The van der Waals surface area contributed by atoms with Crippen molar-refractivity contribution in [2.75, 3.05) is 50.8 Å². The molecule has 2 aromatic carbocycles. The summed E-state index contributed by atoms with van der Waals surface area (Å²) >= 11 is 0. The van der Waals surface area contributed by atoms with Crippen molar-refractivity contribution in [2.24, 2.45) is 0 Å². The van der Waals surface area contributed by atoms with Crippen LogP contribution in [0.5, 0.6) is 0 Å². The molecule has 0 atom stereocenters. The Morgan fingerprint density at radius 2 is 1.66 bits per heavy atom. The van der Waals surface area contributed by atoms with Crippen LogP contribution in [0.25, 0.3) is 6.08 Å². The Bertz CT molecular complexity index is 872. The molecule has 6 heteroatoms. The highest BCUT2D eigenvalue weighted by Gasteiger charge is 2.25. The average Bonchev–Trinajstić information content (AvgIpc) is 3.20. The number of ether oxygens (including phenoxy) is 1. The van der Waals surface area contributed by atoms with Gasteiger partial charge in [-0.25, -0.2) is 4.79 Å². The van der Waals surface area contributed by atoms with Crippen LogP contribution in [0.4, 0.5) is 10.5 Å². The Balaban J connectivity index is 1.27. The molecule has 0 saturated carbocycles. The monoisotopic (exact) mass is 391 g/mol. The SMILES string of the molecule is O=C(c1ccc(N2CCOC2=O)cc1)N1CCN(C/C=C/c2ccccc2)CC1. The summed E-state index contributed by atoms with van der Waals surface area (Å²) in [5.74, 6) is 0.0417. The van der Waals surface area contributed by atoms with Crippen molar-refractivity contribution in [3.05, 3.63) is 71.8 Å². The normalized spacial score (nSPS) is 17.7. The van der Waals surface area contributed by atoms with Crippen molar-refractivity contribution in [3.63, 3.8) is 0 Å². The highest BCUT2D eigenvalue weighted by atomic mass is 16.6. The summed E-state index contributed by atoms with van der Waals surface area (Å²) in [6.07, 6.45) is 3.98. The van der Waals surface area contributed by atoms with E-state index in [2.05, 4.69) is 29.2 Å². The van der Waals surface area contributed by atoms with Gasteiger partial charge in [0.15, 0.2) is 0 Å². The van der Waals surface area contributed by atoms with E-state index < -0.39 is 0 Å². The van der Waals surface area contributed by atoms with E-state index in [0.717, 1.165) is 38.4 Å². The standard InChI is InChI=1S/C23H25N3O3/c27-22(20-8-10-21(11-9-20)26-17-18-29-23(26)28)25-15-13-24(14-16-25)12-4-7-19-5-2-1-3-6-19/h1-11H,12-18H2/b7-4+. The summed E-state index contributed by atoms with van der Waals surface area (Å²) < 4.78 is 4.96. The fraction of sp³-hybridized carbons (Fsp3) is 0.304. The minimum Gasteiger partial charge on any atom is -0.447 e. The van der Waals surface area contributed by atoms with Gasteiger partial charge in [0.1, 0.15) is 6.61 Å². The van der Waals surface area contributed by atoms with Crippen molar-refractivity contribution in [2.45, 2.75) is 0 Å². The minimum absolute atomic E-state index is 0.0417. The number of carbonyl (C=O) groups is 2. The number of nitrogens with zero attached hydrogens (tertiary/aromatic N) is 3. The molecule has 4 rings (SSSR count). The van der Waals surface area contributed by atoms with Crippen molar-refractivity contribution in [1.29, 1.82) is 0 Å². The molecule has 2 aliphatic heterocycles. The van der Waals surface area contributed by atoms with E-state index in [1.807, 2.05) is 35.2 Å². The Hall–Kier alpha value is -3.12. The van der Waals surface area contributed by atoms with E-state index in [0.29, 0.717) is 18.7 Å². The first-order chi connectivity index (χ1) is 14.2. The van der Waals surface area contributed by atoms with Gasteiger partial charge in [-0.15, -0.1) is 0 Å². The fourth-order valence-corrected chi connectivity index (χ4v) is 3.63. The van der Waals surface area contributed by atoms with Crippen LogP contribution in [0, 0.1) is 0 Å². The van der Waals surface area contributed by atoms with Crippen molar-refractivity contribution in [3.8, 4) is 0 Å². The Labute approximate surface area is 171 Å². The van der Waals surface area contributed by atoms with Gasteiger partial charge in [-0.2, -0.15) is 0 Å². The Morgan fingerprint density at radius 3 is 2.31 bits per heavy atom. The van der Waals surface area contributed by atoms with Gasteiger partial charge in [-0.3, -0.25) is 14.6 Å². The molecule has 0 aliphatic carbocycles. The van der Waals surface area contributed by atoms with E-state index in [-0.39, 0.29) is 12.0 Å². The van der Waals surface area contributed by atoms with Crippen LogP contribution in [0.2, 0.25) is 0 Å². The zero-order chi connectivity index (χ0) is 20.1. The molecule has 6 nitrogen and oxygen atoms in total. The van der Waals surface area contributed by atoms with Crippen LogP contribution in [-0.2, 0) is 4.74 Å². The van der Waals surface area contributed by atoms with E-state index >= 15 is 0 Å². The molecule has 150 valence electrons. The summed E-state index contributed by atoms with van der Waals surface area (Å²) in [5, 5.41) is 0. The van der Waals surface area contributed by atoms with Gasteiger partial charge in [0.2, 0.25) is 0 Å². The number of hydrogen-bond donors (Lipinski definition) is 0. The number of cyclic esters (lactones) is 1. The van der Waals surface area contributed by atoms with E-state index in [4.69, 9.17) is 4.74 Å². The molecule has 2 aromatic rings. The predicted octanol–water partition coefficient (Wildman–Crippen LogP) is 3.11. The topological polar surface area (TPSA) is 53.1 Å². The van der Waals surface area contributed by atoms with Crippen LogP contribution in [0.15, 0.2) is 60.7 Å². The fourth-order valence-electron chi connectivity index (χ4n) is 3.63. The largest absolute Gasteiger partial charge is 0.447 e. The summed E-state index contributed by atoms with van der Waals surface area (Å²) in [4.78, 5) is 30.3. The molecule has 0 unspecified atom stereocenters. The van der Waals surface area contributed by atoms with E-state index in [9.17, 15) is 9.59 Å². The number of benzene rings is 2. The molecule has 0 spiro atoms. The summed E-state index contributed by atoms with van der Waals surface area (Å²) in [6, 6.07) is 17.5. The molecule has 2 aliphatic rings. The van der Waals surface area contributed by atoms with Gasteiger partial charge < -0.3 is 9.64 Å². The van der Waals surface area contributed by atoms with Crippen molar-refractivity contribution >= 4 is 23.8 Å². The van der Waals surface area contributed by atoms with E-state index in [1.165, 1.54) is 5.56 Å². The lowest BCUT2D eigenvalue weighted by Crippen LogP contribution is -2.48. The lowest BCUT2D eigenvalue weighted by atomic mass is 10.1. The maximum atomic E-state index is 12.8. The van der Waals surface area contributed by atoms with Gasteiger partial charge in [0.05, 0.1) is 6.54 Å². The minimum atomic E-state index is -0.332. The molecule has 0 radical (unpaired) electrons. The number of anilines is 1. The zero-order valence-electron chi connectivity index (χ0n) is 16.4. The van der Waals surface area contributed by atoms with Gasteiger partial charge >= 0.3 is 6.09 Å². The van der Waals surface area contributed by atoms with Crippen LogP contribution < -0.4 is 4.90 Å². The highest BCUT2D eigenvalue weighted by molar-refractivity contribution is 5.95. The molecule has 2 heterocycles. The van der Waals surface area contributed by atoms with Crippen LogP contribution in [0.1, 0.15) is 15.9 Å². The molecule has 2 fully saturated rings. The van der Waals surface area contributed by atoms with Crippen molar-refractivity contribution in [1.82, 2.24) is 9.80 Å². The number of amides is 2. The second kappa shape index (κ2) is 8.92. The number of hydrogen-bond acceptors (Lipinski definition) is 4. The summed E-state index contributed by atoms with van der Waals surface area (Å²) in [6.45, 7) is 5.01. The molecule has 2 saturated heterocycles. The molecule has 29 heavy (non-hydrogen) atoms. The molecule has 0 aromatic heterocycles. The maximum absolute atomic E-state index is 12.8. The van der Waals surface area contributed by atoms with Gasteiger partial charge in [0.25, 0.3) is 5.91 Å². The first-order valence-electron chi connectivity index (χ1n) is 9.98. The van der Waals surface area contributed by atoms with Gasteiger partial charge in [0, 0.05) is 44.0 Å². The Kier molecular flexibility index (Phi) is 5.91. The highest BCUT2D eigenvalue weighted by Crippen LogP contribution is 2.20. The van der Waals surface area contributed by atoms with Gasteiger partial charge in [-0.05, 0) is 29.8 Å². The smallest absolute Gasteiger partial charge is 0.414 e. The van der Waals surface area contributed by atoms with Crippen LogP contribution in [0.3, 0.4) is 0 Å². The molecule has 0 bridgehead atoms. The van der Waals surface area contributed by atoms with E-state index in [1.54, 1.807) is 17.0 Å². The predicted molar refractivity (Wildman–Crippen MR) is 113 cm³/mol. The average molecular weight is 391 g/mol. The summed E-state index contributed by atoms with van der Waals surface area (Å²) in [5.41, 5.74) is 2.62. The quantitative estimate of drug-likeness (QED) is 0.786. The number of piperazine rings is 1. The second-order valence-electron chi connectivity index (χ2n) is 7.22. The maximum Gasteiger partial charge on any atom is 0.414 e. The van der Waals surface area contributed by atoms with Crippen LogP contribution >= 0.6 is 0 Å². The van der Waals surface area contributed by atoms with Crippen molar-refractivity contribution < 1.29 is 14.3 Å². The zero-order valence-corrected chi connectivity index (χ0v) is 16.4. The summed E-state index contributed by atoms with van der Waals surface area (Å²) in [7, 11) is 0. The van der Waals surface area contributed by atoms with Crippen LogP contribution in [-0.4, -0.2) is 67.7 Å². The molecular formula is C23H25N3O3. The third kappa shape index (κ3) is 4.66. The first-order valence-corrected chi connectivity index (χ1v) is 9.98. The van der Waals surface area contributed by atoms with Gasteiger partial charge in [-0.1, -0.05) is 42.5 Å². The lowest BCUT2D eigenvalue weighted by molar-refractivity contribution is 0.0650. The molecular weight excluding hydrogens is 366 g/mol. The number of carbonyl (C=O) groups excluding carboxylic acids is 2. The first kappa shape index (κ1) is 19.2. The second-order valence-corrected chi connectivity index (χ2v) is 7.22.